The fourth-order valence-corrected chi connectivity index (χ4v) is 7.95. The van der Waals surface area contributed by atoms with Crippen molar-refractivity contribution in [2.24, 2.45) is 10.2 Å². The van der Waals surface area contributed by atoms with E-state index in [2.05, 4.69) is 40.7 Å². The van der Waals surface area contributed by atoms with E-state index in [1.807, 2.05) is 36.4 Å². The predicted octanol–water partition coefficient (Wildman–Crippen LogP) is 7.95. The molecule has 0 spiro atoms. The normalized spacial score (nSPS) is 21.3. The Morgan fingerprint density at radius 2 is 1.90 bits per heavy atom. The predicted molar refractivity (Wildman–Crippen MR) is 167 cm³/mol. The minimum Gasteiger partial charge on any atom is -0.344 e. The highest BCUT2D eigenvalue weighted by Crippen LogP contribution is 2.46. The molecule has 2 aliphatic heterocycles. The van der Waals surface area contributed by atoms with Gasteiger partial charge in [0.15, 0.2) is 5.50 Å². The van der Waals surface area contributed by atoms with Gasteiger partial charge in [-0.25, -0.2) is 4.79 Å². The van der Waals surface area contributed by atoms with E-state index >= 15 is 0 Å². The van der Waals surface area contributed by atoms with Gasteiger partial charge >= 0.3 is 6.03 Å². The molecule has 0 bridgehead atoms. The quantitative estimate of drug-likeness (QED) is 0.161. The van der Waals surface area contributed by atoms with Crippen molar-refractivity contribution < 1.29 is 14.4 Å². The summed E-state index contributed by atoms with van der Waals surface area (Å²) in [5, 5.41) is 13.4. The molecule has 6 rings (SSSR count). The van der Waals surface area contributed by atoms with E-state index in [9.17, 15) is 14.4 Å². The number of nitrogens with one attached hydrogen (secondary N) is 1. The Kier molecular flexibility index (Phi) is 8.26. The molecule has 1 fully saturated rings. The number of fused-ring (bicyclic) bond motifs is 2. The number of urea groups is 1. The van der Waals surface area contributed by atoms with Crippen LogP contribution in [0.4, 0.5) is 15.5 Å². The van der Waals surface area contributed by atoms with Crippen molar-refractivity contribution in [2.75, 3.05) is 12.4 Å². The van der Waals surface area contributed by atoms with Gasteiger partial charge in [-0.15, -0.1) is 11.3 Å². The monoisotopic (exact) mass is 599 g/mol. The Bertz CT molecular complexity index is 1560. The van der Waals surface area contributed by atoms with Crippen LogP contribution in [0.2, 0.25) is 0 Å². The number of likely N-dealkylation sites (N-methyl/N-ethyl adjacent to an activating group) is 1. The van der Waals surface area contributed by atoms with Crippen LogP contribution in [0.5, 0.6) is 0 Å². The first-order valence-electron chi connectivity index (χ1n) is 14.4. The number of carbonyl (C=O) groups is 3. The van der Waals surface area contributed by atoms with E-state index in [1.165, 1.54) is 61.6 Å². The van der Waals surface area contributed by atoms with E-state index < -0.39 is 17.8 Å². The number of anilines is 1. The molecule has 4 amide bonds. The Balaban J connectivity index is 1.13. The number of imide groups is 2. The standard InChI is InChI=1S/C32H33N5O3S2/c1-3-4-11-21-12-8-13-22-16-23(14-15-25(21)22)34-35-31-33-28-27(42-31)18-24(41-28)17-26-29(38)36(2)32(40)37(30(26)39)19-20-9-6-5-7-10-20/h5-7,9-10,14-18,21,31,33H,3-4,8,11-13,19H2,1-2H3/b26-17+,35-34+. The lowest BCUT2D eigenvalue weighted by molar-refractivity contribution is -0.135. The van der Waals surface area contributed by atoms with Crippen LogP contribution in [0.25, 0.3) is 6.08 Å². The third kappa shape index (κ3) is 5.78. The lowest BCUT2D eigenvalue weighted by Gasteiger charge is -2.31. The largest absolute Gasteiger partial charge is 0.344 e. The maximum Gasteiger partial charge on any atom is 0.333 e. The molecule has 3 aromatic rings. The van der Waals surface area contributed by atoms with Crippen LogP contribution in [-0.2, 0) is 22.6 Å². The van der Waals surface area contributed by atoms with Gasteiger partial charge in [-0.3, -0.25) is 19.4 Å². The van der Waals surface area contributed by atoms with Gasteiger partial charge < -0.3 is 5.32 Å². The van der Waals surface area contributed by atoms with Crippen LogP contribution in [0, 0.1) is 0 Å². The molecule has 10 heteroatoms. The van der Waals surface area contributed by atoms with E-state index in [-0.39, 0.29) is 17.6 Å². The second-order valence-electron chi connectivity index (χ2n) is 10.9. The Morgan fingerprint density at radius 1 is 1.07 bits per heavy atom. The molecule has 2 aromatic carbocycles. The summed E-state index contributed by atoms with van der Waals surface area (Å²) >= 11 is 2.99. The molecule has 0 radical (unpaired) electrons. The van der Waals surface area contributed by atoms with Gasteiger partial charge in [0, 0.05) is 16.8 Å². The summed E-state index contributed by atoms with van der Waals surface area (Å²) < 4.78 is 0. The number of thiophene rings is 1. The molecule has 2 atom stereocenters. The van der Waals surface area contributed by atoms with Crippen LogP contribution < -0.4 is 5.32 Å². The highest BCUT2D eigenvalue weighted by atomic mass is 32.2. The lowest BCUT2D eigenvalue weighted by Crippen LogP contribution is -2.54. The van der Waals surface area contributed by atoms with Crippen LogP contribution in [0.1, 0.15) is 66.5 Å². The minimum absolute atomic E-state index is 0.0291. The SMILES string of the molecule is CCCCC1CCCc2cc(/N=N/C3Nc4sc(/C=C5\C(=O)N(C)C(=O)N(Cc6ccccc6)C5=O)cc4S3)ccc21. The first-order chi connectivity index (χ1) is 20.4. The first-order valence-corrected chi connectivity index (χ1v) is 16.1. The molecule has 1 N–H and O–H groups in total. The number of unbranched alkanes of at least 4 members (excludes halogenated alkanes) is 1. The number of benzene rings is 2. The van der Waals surface area contributed by atoms with Crippen molar-refractivity contribution >= 4 is 57.7 Å². The topological polar surface area (TPSA) is 94.4 Å². The van der Waals surface area contributed by atoms with Gasteiger partial charge in [0.25, 0.3) is 11.8 Å². The van der Waals surface area contributed by atoms with Crippen LogP contribution in [-0.4, -0.2) is 40.2 Å². The number of barbiturate groups is 1. The fraction of sp³-hybridized carbons (Fsp3) is 0.344. The number of amides is 4. The maximum atomic E-state index is 13.2. The van der Waals surface area contributed by atoms with Crippen molar-refractivity contribution in [1.82, 2.24) is 9.80 Å². The van der Waals surface area contributed by atoms with E-state index in [0.717, 1.165) is 42.2 Å². The van der Waals surface area contributed by atoms with Crippen molar-refractivity contribution in [2.45, 2.75) is 68.3 Å². The molecule has 1 aromatic heterocycles. The number of carbonyl (C=O) groups excluding carboxylic acids is 3. The maximum absolute atomic E-state index is 13.2. The third-order valence-corrected chi connectivity index (χ3v) is 10.1. The van der Waals surface area contributed by atoms with Gasteiger partial charge in [0.1, 0.15) is 10.6 Å². The Morgan fingerprint density at radius 3 is 2.69 bits per heavy atom. The number of hydrogen-bond donors (Lipinski definition) is 1. The number of rotatable bonds is 8. The molecule has 42 heavy (non-hydrogen) atoms. The van der Waals surface area contributed by atoms with Gasteiger partial charge in [-0.1, -0.05) is 67.9 Å². The average Bonchev–Trinajstić information content (AvgIpc) is 3.57. The second-order valence-corrected chi connectivity index (χ2v) is 13.1. The number of aryl methyl sites for hydroxylation is 1. The zero-order valence-corrected chi connectivity index (χ0v) is 25.3. The van der Waals surface area contributed by atoms with Gasteiger partial charge in [-0.05, 0) is 72.6 Å². The average molecular weight is 600 g/mol. The zero-order chi connectivity index (χ0) is 29.2. The summed E-state index contributed by atoms with van der Waals surface area (Å²) in [6.07, 6.45) is 8.96. The van der Waals surface area contributed by atoms with E-state index in [0.29, 0.717) is 5.92 Å². The highest BCUT2D eigenvalue weighted by molar-refractivity contribution is 8.00. The smallest absolute Gasteiger partial charge is 0.333 e. The first kappa shape index (κ1) is 28.4. The Hall–Kier alpha value is -3.76. The lowest BCUT2D eigenvalue weighted by atomic mass is 9.80. The number of nitrogens with zero attached hydrogens (tertiary/aromatic N) is 4. The highest BCUT2D eigenvalue weighted by Gasteiger charge is 2.40. The van der Waals surface area contributed by atoms with E-state index in [1.54, 1.807) is 17.8 Å². The molecular formula is C32H33N5O3S2. The molecule has 1 saturated heterocycles. The number of hydrogen-bond acceptors (Lipinski definition) is 8. The summed E-state index contributed by atoms with van der Waals surface area (Å²) in [5.74, 6) is -0.523. The summed E-state index contributed by atoms with van der Waals surface area (Å²) in [7, 11) is 1.40. The minimum atomic E-state index is -0.625. The molecule has 3 aliphatic rings. The molecular weight excluding hydrogens is 567 g/mol. The number of thioether (sulfide) groups is 1. The molecule has 0 saturated carbocycles. The number of azo groups is 1. The molecule has 8 nitrogen and oxygen atoms in total. The summed E-state index contributed by atoms with van der Waals surface area (Å²) in [6.45, 7) is 2.35. The summed E-state index contributed by atoms with van der Waals surface area (Å²) in [4.78, 5) is 42.7. The van der Waals surface area contributed by atoms with Crippen LogP contribution >= 0.6 is 23.1 Å². The second kappa shape index (κ2) is 12.2. The summed E-state index contributed by atoms with van der Waals surface area (Å²) in [5.41, 5.74) is 4.30. The van der Waals surface area contributed by atoms with Gasteiger partial charge in [0.05, 0.1) is 12.2 Å². The molecule has 1 aliphatic carbocycles. The van der Waals surface area contributed by atoms with Crippen LogP contribution in [0.3, 0.4) is 0 Å². The van der Waals surface area contributed by atoms with Crippen LogP contribution in [0.15, 0.2) is 75.3 Å². The van der Waals surface area contributed by atoms with Gasteiger partial charge in [-0.2, -0.15) is 10.2 Å². The third-order valence-electron chi connectivity index (χ3n) is 7.96. The molecule has 216 valence electrons. The Labute approximate surface area is 253 Å². The van der Waals surface area contributed by atoms with Crippen molar-refractivity contribution in [1.29, 1.82) is 0 Å². The van der Waals surface area contributed by atoms with Crippen molar-refractivity contribution in [3.05, 3.63) is 81.7 Å². The van der Waals surface area contributed by atoms with E-state index in [4.69, 9.17) is 0 Å². The summed E-state index contributed by atoms with van der Waals surface area (Å²) in [6, 6.07) is 17.1. The molecule has 2 unspecified atom stereocenters. The van der Waals surface area contributed by atoms with Gasteiger partial charge in [0.2, 0.25) is 0 Å². The fourth-order valence-electron chi connectivity index (χ4n) is 5.74. The molecule has 3 heterocycles. The zero-order valence-electron chi connectivity index (χ0n) is 23.7. The van der Waals surface area contributed by atoms with Crippen molar-refractivity contribution in [3.8, 4) is 0 Å². The van der Waals surface area contributed by atoms with Crippen molar-refractivity contribution in [3.63, 3.8) is 0 Å².